The topological polar surface area (TPSA) is 58.4 Å². The Morgan fingerprint density at radius 2 is 1.86 bits per heavy atom. The van der Waals surface area contributed by atoms with E-state index < -0.39 is 11.6 Å². The van der Waals surface area contributed by atoms with Gasteiger partial charge < -0.3 is 16.0 Å². The summed E-state index contributed by atoms with van der Waals surface area (Å²) >= 11 is 4.73. The second-order valence-corrected chi connectivity index (χ2v) is 5.55. The van der Waals surface area contributed by atoms with E-state index in [0.717, 1.165) is 12.1 Å². The zero-order valence-corrected chi connectivity index (χ0v) is 12.5. The number of rotatable bonds is 3. The molecule has 21 heavy (non-hydrogen) atoms. The Morgan fingerprint density at radius 3 is 2.29 bits per heavy atom. The number of thiocarbonyl (C=S) groups is 1. The summed E-state index contributed by atoms with van der Waals surface area (Å²) in [4.78, 5) is 12.6. The molecule has 0 unspecified atom stereocenters. The van der Waals surface area contributed by atoms with Gasteiger partial charge in [0.15, 0.2) is 0 Å². The Morgan fingerprint density at radius 1 is 1.33 bits per heavy atom. The van der Waals surface area contributed by atoms with Crippen molar-refractivity contribution >= 4 is 28.8 Å². The summed E-state index contributed by atoms with van der Waals surface area (Å²) < 4.78 is 28.2. The van der Waals surface area contributed by atoms with Gasteiger partial charge in [0, 0.05) is 31.6 Å². The molecular weight excluding hydrogens is 296 g/mol. The molecule has 3 N–H and O–H groups in total. The van der Waals surface area contributed by atoms with Crippen molar-refractivity contribution in [2.24, 2.45) is 5.73 Å². The second-order valence-electron chi connectivity index (χ2n) is 5.11. The van der Waals surface area contributed by atoms with Gasteiger partial charge in [-0.1, -0.05) is 12.2 Å². The normalized spacial score (nSPS) is 15.9. The number of benzene rings is 1. The Kier molecular flexibility index (Phi) is 4.72. The van der Waals surface area contributed by atoms with Crippen molar-refractivity contribution < 1.29 is 13.6 Å². The summed E-state index contributed by atoms with van der Waals surface area (Å²) in [5.41, 5.74) is 5.51. The van der Waals surface area contributed by atoms with Crippen molar-refractivity contribution in [3.8, 4) is 0 Å². The molecule has 2 rings (SSSR count). The number of carbonyl (C=O) groups is 1. The van der Waals surface area contributed by atoms with E-state index >= 15 is 0 Å². The van der Waals surface area contributed by atoms with E-state index in [9.17, 15) is 13.6 Å². The van der Waals surface area contributed by atoms with Crippen LogP contribution in [0.25, 0.3) is 0 Å². The molecule has 1 aliphatic heterocycles. The first-order valence-corrected chi connectivity index (χ1v) is 7.10. The van der Waals surface area contributed by atoms with E-state index in [1.165, 1.54) is 6.92 Å². The van der Waals surface area contributed by atoms with Gasteiger partial charge in [0.05, 0.1) is 0 Å². The fourth-order valence-electron chi connectivity index (χ4n) is 2.54. The average Bonchev–Trinajstić information content (AvgIpc) is 2.39. The van der Waals surface area contributed by atoms with Gasteiger partial charge in [0.25, 0.3) is 0 Å². The highest BCUT2D eigenvalue weighted by molar-refractivity contribution is 7.80. The summed E-state index contributed by atoms with van der Waals surface area (Å²) in [5, 5.41) is 2.82. The SMILES string of the molecule is CC(=O)NC1CCN(c2c(F)cc(C(N)=S)cc2F)CC1. The number of nitrogens with one attached hydrogen (secondary N) is 1. The number of hydrogen-bond donors (Lipinski definition) is 2. The van der Waals surface area contributed by atoms with E-state index in [0.29, 0.717) is 25.9 Å². The molecule has 1 aliphatic rings. The first kappa shape index (κ1) is 15.6. The number of piperidine rings is 1. The van der Waals surface area contributed by atoms with Gasteiger partial charge in [-0.2, -0.15) is 0 Å². The van der Waals surface area contributed by atoms with Crippen LogP contribution in [0.2, 0.25) is 0 Å². The minimum Gasteiger partial charge on any atom is -0.389 e. The molecule has 4 nitrogen and oxygen atoms in total. The minimum atomic E-state index is -0.671. The predicted octanol–water partition coefficient (Wildman–Crippen LogP) is 1.70. The monoisotopic (exact) mass is 313 g/mol. The summed E-state index contributed by atoms with van der Waals surface area (Å²) in [7, 11) is 0. The fraction of sp³-hybridized carbons (Fsp3) is 0.429. The van der Waals surface area contributed by atoms with Crippen molar-refractivity contribution in [2.75, 3.05) is 18.0 Å². The lowest BCUT2D eigenvalue weighted by molar-refractivity contribution is -0.119. The van der Waals surface area contributed by atoms with E-state index in [-0.39, 0.29) is 28.2 Å². The van der Waals surface area contributed by atoms with Crippen LogP contribution in [0, 0.1) is 11.6 Å². The second kappa shape index (κ2) is 6.34. The summed E-state index contributed by atoms with van der Waals surface area (Å²) in [6.45, 7) is 2.41. The maximum Gasteiger partial charge on any atom is 0.217 e. The molecule has 0 bridgehead atoms. The minimum absolute atomic E-state index is 0.0382. The molecule has 114 valence electrons. The van der Waals surface area contributed by atoms with Crippen molar-refractivity contribution in [1.82, 2.24) is 5.32 Å². The van der Waals surface area contributed by atoms with Crippen LogP contribution in [-0.2, 0) is 4.79 Å². The third-order valence-corrected chi connectivity index (χ3v) is 3.76. The number of nitrogens with two attached hydrogens (primary N) is 1. The van der Waals surface area contributed by atoms with Gasteiger partial charge in [0.2, 0.25) is 5.91 Å². The van der Waals surface area contributed by atoms with Gasteiger partial charge >= 0.3 is 0 Å². The fourth-order valence-corrected chi connectivity index (χ4v) is 2.66. The van der Waals surface area contributed by atoms with Crippen LogP contribution >= 0.6 is 12.2 Å². The van der Waals surface area contributed by atoms with Crippen molar-refractivity contribution in [1.29, 1.82) is 0 Å². The maximum absolute atomic E-state index is 14.1. The molecule has 1 amide bonds. The van der Waals surface area contributed by atoms with Crippen molar-refractivity contribution in [2.45, 2.75) is 25.8 Å². The molecule has 1 heterocycles. The smallest absolute Gasteiger partial charge is 0.217 e. The first-order chi connectivity index (χ1) is 9.88. The number of anilines is 1. The standard InChI is InChI=1S/C14H17F2N3OS/c1-8(20)18-10-2-4-19(5-3-10)13-11(15)6-9(14(17)21)7-12(13)16/h6-7,10H,2-5H2,1H3,(H2,17,21)(H,18,20). The van der Waals surface area contributed by atoms with Crippen molar-refractivity contribution in [3.63, 3.8) is 0 Å². The number of carbonyl (C=O) groups excluding carboxylic acids is 1. The Balaban J connectivity index is 2.13. The van der Waals surface area contributed by atoms with Crippen LogP contribution in [0.5, 0.6) is 0 Å². The first-order valence-electron chi connectivity index (χ1n) is 6.69. The number of hydrogen-bond acceptors (Lipinski definition) is 3. The number of amides is 1. The van der Waals surface area contributed by atoms with E-state index in [1.54, 1.807) is 4.90 Å². The highest BCUT2D eigenvalue weighted by Gasteiger charge is 2.24. The average molecular weight is 313 g/mol. The highest BCUT2D eigenvalue weighted by atomic mass is 32.1. The van der Waals surface area contributed by atoms with Crippen LogP contribution in [0.15, 0.2) is 12.1 Å². The molecule has 0 spiro atoms. The molecule has 1 aromatic rings. The van der Waals surface area contributed by atoms with Gasteiger partial charge in [0.1, 0.15) is 22.3 Å². The molecule has 7 heteroatoms. The molecular formula is C14H17F2N3OS. The van der Waals surface area contributed by atoms with Gasteiger partial charge in [-0.15, -0.1) is 0 Å². The Labute approximate surface area is 127 Å². The zero-order chi connectivity index (χ0) is 15.6. The summed E-state index contributed by atoms with van der Waals surface area (Å²) in [6.07, 6.45) is 1.30. The van der Waals surface area contributed by atoms with E-state index in [4.69, 9.17) is 18.0 Å². The quantitative estimate of drug-likeness (QED) is 0.834. The van der Waals surface area contributed by atoms with E-state index in [1.807, 2.05) is 0 Å². The number of nitrogens with zero attached hydrogens (tertiary/aromatic N) is 1. The number of halogens is 2. The van der Waals surface area contributed by atoms with Crippen LogP contribution in [0.3, 0.4) is 0 Å². The Bertz CT molecular complexity index is 548. The zero-order valence-electron chi connectivity index (χ0n) is 11.7. The third kappa shape index (κ3) is 3.66. The molecule has 1 aromatic carbocycles. The molecule has 1 fully saturated rings. The molecule has 0 aliphatic carbocycles. The summed E-state index contributed by atoms with van der Waals surface area (Å²) in [6, 6.07) is 2.36. The summed E-state index contributed by atoms with van der Waals surface area (Å²) in [5.74, 6) is -1.43. The Hall–Kier alpha value is -1.76. The lowest BCUT2D eigenvalue weighted by atomic mass is 10.0. The van der Waals surface area contributed by atoms with Crippen LogP contribution in [0.1, 0.15) is 25.3 Å². The molecule has 1 saturated heterocycles. The predicted molar refractivity (Wildman–Crippen MR) is 81.3 cm³/mol. The van der Waals surface area contributed by atoms with Crippen LogP contribution < -0.4 is 16.0 Å². The van der Waals surface area contributed by atoms with Gasteiger partial charge in [-0.05, 0) is 25.0 Å². The molecule has 0 aromatic heterocycles. The van der Waals surface area contributed by atoms with Crippen LogP contribution in [0.4, 0.5) is 14.5 Å². The molecule has 0 atom stereocenters. The van der Waals surface area contributed by atoms with E-state index in [2.05, 4.69) is 5.32 Å². The van der Waals surface area contributed by atoms with Gasteiger partial charge in [-0.3, -0.25) is 4.79 Å². The van der Waals surface area contributed by atoms with Crippen LogP contribution in [-0.4, -0.2) is 30.0 Å². The highest BCUT2D eigenvalue weighted by Crippen LogP contribution is 2.27. The maximum atomic E-state index is 14.1. The molecule has 0 radical (unpaired) electrons. The van der Waals surface area contributed by atoms with Gasteiger partial charge in [-0.25, -0.2) is 8.78 Å². The lowest BCUT2D eigenvalue weighted by Gasteiger charge is -2.34. The molecule has 0 saturated carbocycles. The van der Waals surface area contributed by atoms with Crippen molar-refractivity contribution in [3.05, 3.63) is 29.3 Å². The third-order valence-electron chi connectivity index (χ3n) is 3.52. The lowest BCUT2D eigenvalue weighted by Crippen LogP contribution is -2.44. The largest absolute Gasteiger partial charge is 0.389 e.